The van der Waals surface area contributed by atoms with Crippen molar-refractivity contribution < 1.29 is 14.3 Å². The van der Waals surface area contributed by atoms with E-state index < -0.39 is 0 Å². The number of hydrogen-bond acceptors (Lipinski definition) is 5. The van der Waals surface area contributed by atoms with Crippen LogP contribution in [0.25, 0.3) is 11.1 Å². The van der Waals surface area contributed by atoms with E-state index in [1.807, 2.05) is 76.2 Å². The maximum atomic E-state index is 11.6. The molecule has 0 saturated heterocycles. The zero-order valence-corrected chi connectivity index (χ0v) is 26.2. The number of nitrogens with zero attached hydrogens (tertiary/aromatic N) is 1. The minimum absolute atomic E-state index is 0.0568. The number of carbonyl (C=O) groups is 2. The number of ether oxygens (including phenoxy) is 1. The van der Waals surface area contributed by atoms with Gasteiger partial charge in [-0.05, 0) is 48.2 Å². The Kier molecular flexibility index (Phi) is 15.3. The maximum absolute atomic E-state index is 11.6. The summed E-state index contributed by atoms with van der Waals surface area (Å²) in [6.07, 6.45) is 2.30. The largest absolute Gasteiger partial charge is 0.493 e. The molecule has 0 aliphatic heterocycles. The highest BCUT2D eigenvalue weighted by Gasteiger charge is 2.28. The van der Waals surface area contributed by atoms with Gasteiger partial charge in [0.1, 0.15) is 5.75 Å². The van der Waals surface area contributed by atoms with Crippen LogP contribution in [0.5, 0.6) is 5.75 Å². The number of nitriles is 1. The maximum Gasteiger partial charge on any atom is 0.166 e. The Morgan fingerprint density at radius 3 is 1.93 bits per heavy atom. The number of carbonyl (C=O) groups excluding carboxylic acids is 2. The average Bonchev–Trinajstić information content (AvgIpc) is 3.01. The monoisotopic (exact) mass is 556 g/mol. The fourth-order valence-corrected chi connectivity index (χ4v) is 4.36. The third-order valence-corrected chi connectivity index (χ3v) is 6.60. The molecule has 5 heteroatoms. The number of rotatable bonds is 7. The zero-order chi connectivity index (χ0) is 31.0. The summed E-state index contributed by atoms with van der Waals surface area (Å²) < 4.78 is 5.94. The molecule has 3 aromatic rings. The predicted molar refractivity (Wildman–Crippen MR) is 170 cm³/mol. The third kappa shape index (κ3) is 11.0. The number of nitrogens with two attached hydrogens (primary N) is 1. The van der Waals surface area contributed by atoms with Crippen LogP contribution in [0.1, 0.15) is 101 Å². The van der Waals surface area contributed by atoms with Gasteiger partial charge in [0.25, 0.3) is 0 Å². The van der Waals surface area contributed by atoms with E-state index in [1.54, 1.807) is 31.2 Å². The Bertz CT molecular complexity index is 1260. The van der Waals surface area contributed by atoms with Crippen LogP contribution in [0.4, 0.5) is 0 Å². The van der Waals surface area contributed by atoms with Gasteiger partial charge in [0.2, 0.25) is 0 Å². The molecule has 0 radical (unpaired) electrons. The van der Waals surface area contributed by atoms with Gasteiger partial charge < -0.3 is 10.5 Å². The van der Waals surface area contributed by atoms with Crippen molar-refractivity contribution in [2.45, 2.75) is 80.7 Å². The van der Waals surface area contributed by atoms with Gasteiger partial charge in [-0.15, -0.1) is 0 Å². The van der Waals surface area contributed by atoms with Crippen molar-refractivity contribution in [3.63, 3.8) is 0 Å². The molecule has 3 aromatic carbocycles. The summed E-state index contributed by atoms with van der Waals surface area (Å²) in [5.41, 5.74) is 10.2. The molecule has 5 nitrogen and oxygen atoms in total. The molecule has 1 aliphatic rings. The smallest absolute Gasteiger partial charge is 0.166 e. The van der Waals surface area contributed by atoms with Gasteiger partial charge in [-0.3, -0.25) is 9.59 Å². The molecular weight excluding hydrogens is 508 g/mol. The first-order valence-corrected chi connectivity index (χ1v) is 14.8. The minimum Gasteiger partial charge on any atom is -0.493 e. The molecule has 0 fully saturated rings. The average molecular weight is 557 g/mol. The highest BCUT2D eigenvalue weighted by Crippen LogP contribution is 2.27. The zero-order valence-electron chi connectivity index (χ0n) is 26.2. The second-order valence-corrected chi connectivity index (χ2v) is 10.5. The van der Waals surface area contributed by atoms with Crippen molar-refractivity contribution in [3.8, 4) is 22.9 Å². The Morgan fingerprint density at radius 2 is 1.41 bits per heavy atom. The lowest BCUT2D eigenvalue weighted by Gasteiger charge is -2.27. The molecule has 0 bridgehead atoms. The quantitative estimate of drug-likeness (QED) is 0.314. The molecule has 0 aromatic heterocycles. The van der Waals surface area contributed by atoms with Crippen molar-refractivity contribution >= 4 is 11.6 Å². The van der Waals surface area contributed by atoms with E-state index in [0.717, 1.165) is 29.7 Å². The van der Waals surface area contributed by atoms with Gasteiger partial charge in [0.15, 0.2) is 11.6 Å². The lowest BCUT2D eigenvalue weighted by molar-refractivity contribution is 0.0835. The van der Waals surface area contributed by atoms with E-state index in [1.165, 1.54) is 0 Å². The summed E-state index contributed by atoms with van der Waals surface area (Å²) in [4.78, 5) is 23.1. The third-order valence-electron chi connectivity index (χ3n) is 6.60. The Labute approximate surface area is 247 Å². The normalized spacial score (nSPS) is 14.4. The summed E-state index contributed by atoms with van der Waals surface area (Å²) in [6.45, 7) is 16.9. The van der Waals surface area contributed by atoms with Crippen LogP contribution in [-0.4, -0.2) is 24.2 Å². The molecule has 4 rings (SSSR count). The minimum atomic E-state index is -0.151. The molecule has 2 atom stereocenters. The summed E-state index contributed by atoms with van der Waals surface area (Å²) in [5, 5.41) is 8.86. The molecule has 2 unspecified atom stereocenters. The van der Waals surface area contributed by atoms with Gasteiger partial charge in [-0.25, -0.2) is 0 Å². The van der Waals surface area contributed by atoms with Crippen LogP contribution in [0.2, 0.25) is 0 Å². The number of ketones is 2. The van der Waals surface area contributed by atoms with Crippen molar-refractivity contribution in [3.05, 3.63) is 89.5 Å². The first-order chi connectivity index (χ1) is 19.6. The van der Waals surface area contributed by atoms with Crippen molar-refractivity contribution in [1.29, 1.82) is 5.26 Å². The van der Waals surface area contributed by atoms with Gasteiger partial charge in [-0.2, -0.15) is 5.26 Å². The van der Waals surface area contributed by atoms with Gasteiger partial charge in [0, 0.05) is 34.9 Å². The van der Waals surface area contributed by atoms with Crippen molar-refractivity contribution in [2.75, 3.05) is 6.61 Å². The molecule has 41 heavy (non-hydrogen) atoms. The highest BCUT2D eigenvalue weighted by molar-refractivity contribution is 6.14. The fourth-order valence-electron chi connectivity index (χ4n) is 4.36. The van der Waals surface area contributed by atoms with E-state index in [2.05, 4.69) is 26.8 Å². The molecule has 220 valence electrons. The Balaban J connectivity index is 0.000000414. The predicted octanol–water partition coefficient (Wildman–Crippen LogP) is 8.90. The van der Waals surface area contributed by atoms with Crippen LogP contribution in [0, 0.1) is 22.7 Å². The van der Waals surface area contributed by atoms with Crippen LogP contribution in [0.15, 0.2) is 72.8 Å². The first kappa shape index (κ1) is 35.3. The summed E-state index contributed by atoms with van der Waals surface area (Å²) >= 11 is 0. The Morgan fingerprint density at radius 1 is 0.902 bits per heavy atom. The summed E-state index contributed by atoms with van der Waals surface area (Å²) in [6, 6.07) is 25.0. The SMILES string of the molecule is CC.CC.CC1CC(=O)c2ccccc2C1=O.CCC(N)CC(C)(C)COc1ccc(-c2ccc(C#N)cc2)cc1. The lowest BCUT2D eigenvalue weighted by Crippen LogP contribution is -2.31. The molecule has 2 N–H and O–H groups in total. The van der Waals surface area contributed by atoms with Crippen LogP contribution in [-0.2, 0) is 0 Å². The van der Waals surface area contributed by atoms with E-state index >= 15 is 0 Å². The molecular formula is C36H48N2O3. The molecule has 1 aliphatic carbocycles. The summed E-state index contributed by atoms with van der Waals surface area (Å²) in [7, 11) is 0. The first-order valence-electron chi connectivity index (χ1n) is 14.8. The van der Waals surface area contributed by atoms with Crippen LogP contribution >= 0.6 is 0 Å². The lowest BCUT2D eigenvalue weighted by atomic mass is 9.83. The second-order valence-electron chi connectivity index (χ2n) is 10.5. The number of hydrogen-bond donors (Lipinski definition) is 1. The van der Waals surface area contributed by atoms with Crippen LogP contribution in [0.3, 0.4) is 0 Å². The molecule has 0 spiro atoms. The Hall–Kier alpha value is -3.75. The number of fused-ring (bicyclic) bond motifs is 1. The van der Waals surface area contributed by atoms with E-state index in [9.17, 15) is 9.59 Å². The molecule has 0 saturated carbocycles. The highest BCUT2D eigenvalue weighted by atomic mass is 16.5. The van der Waals surface area contributed by atoms with E-state index in [-0.39, 0.29) is 28.9 Å². The van der Waals surface area contributed by atoms with Crippen LogP contribution < -0.4 is 10.5 Å². The van der Waals surface area contributed by atoms with Crippen molar-refractivity contribution in [1.82, 2.24) is 0 Å². The van der Waals surface area contributed by atoms with Gasteiger partial charge >= 0.3 is 0 Å². The topological polar surface area (TPSA) is 93.2 Å². The number of Topliss-reactive ketones (excluding diaryl/α,β-unsaturated/α-hetero) is 2. The summed E-state index contributed by atoms with van der Waals surface area (Å²) in [5.74, 6) is 0.894. The fraction of sp³-hybridized carbons (Fsp3) is 0.417. The van der Waals surface area contributed by atoms with E-state index in [0.29, 0.717) is 29.7 Å². The molecule has 0 heterocycles. The van der Waals surface area contributed by atoms with Crippen molar-refractivity contribution in [2.24, 2.45) is 17.1 Å². The molecule has 0 amide bonds. The van der Waals surface area contributed by atoms with E-state index in [4.69, 9.17) is 15.7 Å². The van der Waals surface area contributed by atoms with Gasteiger partial charge in [0.05, 0.1) is 18.2 Å². The standard InChI is InChI=1S/C21H26N2O.C11H10O2.2C2H6/c1-4-19(23)13-21(2,3)15-24-20-11-9-18(10-12-20)17-7-5-16(14-22)6-8-17;1-7-6-10(12)8-4-2-3-5-9(8)11(7)13;2*1-2/h5-12,19H,4,13,15,23H2,1-3H3;2-5,7H,6H2,1H3;2*1-2H3. The second kappa shape index (κ2) is 17.8. The number of benzene rings is 3. The van der Waals surface area contributed by atoms with Gasteiger partial charge in [-0.1, -0.05) is 104 Å².